The number of ether oxygens (including phenoxy) is 1. The maximum atomic E-state index is 12.4. The van der Waals surface area contributed by atoms with Gasteiger partial charge in [-0.15, -0.1) is 11.8 Å². The monoisotopic (exact) mass is 349 g/mol. The third-order valence-corrected chi connectivity index (χ3v) is 4.82. The SMILES string of the molecule is COc1ccccc1[C@H](C)NC(=O)[C@H](C)Sc1ccc(Cl)cc1. The number of hydrogen-bond acceptors (Lipinski definition) is 3. The van der Waals surface area contributed by atoms with Crippen molar-refractivity contribution in [3.05, 3.63) is 59.1 Å². The second-order valence-electron chi connectivity index (χ2n) is 5.19. The molecule has 0 aromatic heterocycles. The van der Waals surface area contributed by atoms with Crippen molar-refractivity contribution in [2.45, 2.75) is 30.0 Å². The molecular weight excluding hydrogens is 330 g/mol. The molecule has 0 fully saturated rings. The van der Waals surface area contributed by atoms with Crippen LogP contribution in [-0.2, 0) is 4.79 Å². The smallest absolute Gasteiger partial charge is 0.233 e. The number of amides is 1. The van der Waals surface area contributed by atoms with Crippen LogP contribution in [0.3, 0.4) is 0 Å². The third-order valence-electron chi connectivity index (χ3n) is 3.46. The molecule has 0 radical (unpaired) electrons. The Morgan fingerprint density at radius 2 is 1.78 bits per heavy atom. The number of hydrogen-bond donors (Lipinski definition) is 1. The fourth-order valence-corrected chi connectivity index (χ4v) is 3.21. The van der Waals surface area contributed by atoms with E-state index in [1.54, 1.807) is 7.11 Å². The Morgan fingerprint density at radius 1 is 1.13 bits per heavy atom. The van der Waals surface area contributed by atoms with Crippen LogP contribution in [0.15, 0.2) is 53.4 Å². The number of methoxy groups -OCH3 is 1. The summed E-state index contributed by atoms with van der Waals surface area (Å²) in [4.78, 5) is 13.4. The normalized spacial score (nSPS) is 13.2. The van der Waals surface area contributed by atoms with E-state index in [-0.39, 0.29) is 17.2 Å². The standard InChI is InChI=1S/C18H20ClNO2S/c1-12(16-6-4-5-7-17(16)22-3)20-18(21)13(2)23-15-10-8-14(19)9-11-15/h4-13H,1-3H3,(H,20,21)/t12-,13-/m0/s1. The highest BCUT2D eigenvalue weighted by atomic mass is 35.5. The molecule has 0 unspecified atom stereocenters. The summed E-state index contributed by atoms with van der Waals surface area (Å²) in [5.41, 5.74) is 0.965. The minimum Gasteiger partial charge on any atom is -0.496 e. The molecule has 23 heavy (non-hydrogen) atoms. The van der Waals surface area contributed by atoms with Gasteiger partial charge in [-0.3, -0.25) is 4.79 Å². The summed E-state index contributed by atoms with van der Waals surface area (Å²) < 4.78 is 5.35. The van der Waals surface area contributed by atoms with Crippen LogP contribution in [0.5, 0.6) is 5.75 Å². The fraction of sp³-hybridized carbons (Fsp3) is 0.278. The molecule has 0 heterocycles. The first kappa shape index (κ1) is 17.7. The zero-order valence-electron chi connectivity index (χ0n) is 13.4. The van der Waals surface area contributed by atoms with Gasteiger partial charge in [-0.05, 0) is 44.2 Å². The first-order valence-corrected chi connectivity index (χ1v) is 8.62. The van der Waals surface area contributed by atoms with Gasteiger partial charge in [-0.1, -0.05) is 29.8 Å². The topological polar surface area (TPSA) is 38.3 Å². The summed E-state index contributed by atoms with van der Waals surface area (Å²) in [5, 5.41) is 3.53. The lowest BCUT2D eigenvalue weighted by molar-refractivity contribution is -0.120. The molecule has 2 rings (SSSR count). The lowest BCUT2D eigenvalue weighted by Gasteiger charge is -2.19. The number of para-hydroxylation sites is 1. The van der Waals surface area contributed by atoms with Crippen LogP contribution >= 0.6 is 23.4 Å². The Bertz CT molecular complexity index is 660. The lowest BCUT2D eigenvalue weighted by atomic mass is 10.1. The van der Waals surface area contributed by atoms with E-state index in [9.17, 15) is 4.79 Å². The van der Waals surface area contributed by atoms with Crippen molar-refractivity contribution in [1.29, 1.82) is 0 Å². The Hall–Kier alpha value is -1.65. The summed E-state index contributed by atoms with van der Waals surface area (Å²) in [6, 6.07) is 15.1. The van der Waals surface area contributed by atoms with Crippen molar-refractivity contribution in [3.8, 4) is 5.75 Å². The predicted molar refractivity (Wildman–Crippen MR) is 96.3 cm³/mol. The van der Waals surface area contributed by atoms with E-state index in [1.807, 2.05) is 62.4 Å². The highest BCUT2D eigenvalue weighted by Crippen LogP contribution is 2.27. The average molecular weight is 350 g/mol. The molecular formula is C18H20ClNO2S. The molecule has 122 valence electrons. The minimum absolute atomic E-state index is 0.0108. The van der Waals surface area contributed by atoms with Crippen molar-refractivity contribution < 1.29 is 9.53 Å². The van der Waals surface area contributed by atoms with Crippen LogP contribution < -0.4 is 10.1 Å². The van der Waals surface area contributed by atoms with Gasteiger partial charge in [0.05, 0.1) is 18.4 Å². The van der Waals surface area contributed by atoms with Crippen LogP contribution in [-0.4, -0.2) is 18.3 Å². The van der Waals surface area contributed by atoms with Gasteiger partial charge in [-0.2, -0.15) is 0 Å². The summed E-state index contributed by atoms with van der Waals surface area (Å²) in [5.74, 6) is 0.765. The predicted octanol–water partition coefficient (Wildman–Crippen LogP) is 4.71. The van der Waals surface area contributed by atoms with E-state index in [4.69, 9.17) is 16.3 Å². The molecule has 5 heteroatoms. The third kappa shape index (κ3) is 4.91. The summed E-state index contributed by atoms with van der Waals surface area (Å²) in [6.07, 6.45) is 0. The van der Waals surface area contributed by atoms with Gasteiger partial charge in [0, 0.05) is 15.5 Å². The van der Waals surface area contributed by atoms with Crippen molar-refractivity contribution in [1.82, 2.24) is 5.32 Å². The van der Waals surface area contributed by atoms with Crippen molar-refractivity contribution >= 4 is 29.3 Å². The van der Waals surface area contributed by atoms with Gasteiger partial charge < -0.3 is 10.1 Å². The van der Waals surface area contributed by atoms with Gasteiger partial charge in [0.2, 0.25) is 5.91 Å². The van der Waals surface area contributed by atoms with E-state index in [1.165, 1.54) is 11.8 Å². The minimum atomic E-state index is -0.201. The van der Waals surface area contributed by atoms with Crippen LogP contribution in [0.1, 0.15) is 25.5 Å². The number of benzene rings is 2. The fourth-order valence-electron chi connectivity index (χ4n) is 2.20. The van der Waals surface area contributed by atoms with Gasteiger partial charge in [-0.25, -0.2) is 0 Å². The van der Waals surface area contributed by atoms with Crippen LogP contribution in [0.4, 0.5) is 0 Å². The second kappa shape index (κ2) is 8.27. The summed E-state index contributed by atoms with van der Waals surface area (Å²) in [6.45, 7) is 3.85. The molecule has 2 aromatic rings. The highest BCUT2D eigenvalue weighted by molar-refractivity contribution is 8.00. The van der Waals surface area contributed by atoms with E-state index >= 15 is 0 Å². The van der Waals surface area contributed by atoms with Crippen molar-refractivity contribution in [3.63, 3.8) is 0 Å². The Balaban J connectivity index is 1.98. The second-order valence-corrected chi connectivity index (χ2v) is 7.04. The molecule has 1 amide bonds. The number of carbonyl (C=O) groups excluding carboxylic acids is 1. The van der Waals surface area contributed by atoms with E-state index in [2.05, 4.69) is 5.32 Å². The molecule has 0 saturated carbocycles. The maximum Gasteiger partial charge on any atom is 0.233 e. The number of rotatable bonds is 6. The molecule has 1 N–H and O–H groups in total. The Morgan fingerprint density at radius 3 is 2.43 bits per heavy atom. The molecule has 0 aliphatic carbocycles. The molecule has 0 aliphatic heterocycles. The summed E-state index contributed by atoms with van der Waals surface area (Å²) >= 11 is 7.38. The molecule has 2 aromatic carbocycles. The zero-order valence-corrected chi connectivity index (χ0v) is 14.9. The van der Waals surface area contributed by atoms with Crippen molar-refractivity contribution in [2.24, 2.45) is 0 Å². The first-order valence-electron chi connectivity index (χ1n) is 7.36. The number of carbonyl (C=O) groups is 1. The zero-order chi connectivity index (χ0) is 16.8. The molecule has 0 aliphatic rings. The number of thioether (sulfide) groups is 1. The van der Waals surface area contributed by atoms with E-state index < -0.39 is 0 Å². The number of halogens is 1. The van der Waals surface area contributed by atoms with Gasteiger partial charge in [0.25, 0.3) is 0 Å². The quantitative estimate of drug-likeness (QED) is 0.768. The first-order chi connectivity index (χ1) is 11.0. The molecule has 0 bridgehead atoms. The number of nitrogens with one attached hydrogen (secondary N) is 1. The van der Waals surface area contributed by atoms with Gasteiger partial charge in [0.15, 0.2) is 0 Å². The van der Waals surface area contributed by atoms with Crippen LogP contribution in [0.25, 0.3) is 0 Å². The maximum absolute atomic E-state index is 12.4. The van der Waals surface area contributed by atoms with Crippen LogP contribution in [0.2, 0.25) is 5.02 Å². The lowest BCUT2D eigenvalue weighted by Crippen LogP contribution is -2.33. The Labute approximate surface area is 146 Å². The van der Waals surface area contributed by atoms with Crippen LogP contribution in [0, 0.1) is 0 Å². The summed E-state index contributed by atoms with van der Waals surface area (Å²) in [7, 11) is 1.63. The van der Waals surface area contributed by atoms with Crippen molar-refractivity contribution in [2.75, 3.05) is 7.11 Å². The Kier molecular flexibility index (Phi) is 6.37. The van der Waals surface area contributed by atoms with Gasteiger partial charge >= 0.3 is 0 Å². The largest absolute Gasteiger partial charge is 0.496 e. The molecule has 2 atom stereocenters. The average Bonchev–Trinajstić information content (AvgIpc) is 2.56. The van der Waals surface area contributed by atoms with E-state index in [0.717, 1.165) is 16.2 Å². The molecule has 0 spiro atoms. The highest BCUT2D eigenvalue weighted by Gasteiger charge is 2.19. The molecule has 0 saturated heterocycles. The van der Waals surface area contributed by atoms with Gasteiger partial charge in [0.1, 0.15) is 5.75 Å². The van der Waals surface area contributed by atoms with E-state index in [0.29, 0.717) is 5.02 Å². The molecule has 3 nitrogen and oxygen atoms in total.